The number of rotatable bonds is 4. The lowest BCUT2D eigenvalue weighted by Gasteiger charge is -2.64. The molecular formula is C29H42O5. The van der Waals surface area contributed by atoms with Crippen molar-refractivity contribution in [3.05, 3.63) is 29.8 Å². The van der Waals surface area contributed by atoms with Crippen molar-refractivity contribution in [2.24, 2.45) is 34.5 Å². The fraction of sp³-hybridized carbons (Fsp3) is 0.793. The monoisotopic (exact) mass is 470 g/mol. The number of ether oxygens (including phenoxy) is 4. The quantitative estimate of drug-likeness (QED) is 0.559. The first-order valence-electron chi connectivity index (χ1n) is 13.6. The Morgan fingerprint density at radius 1 is 0.941 bits per heavy atom. The van der Waals surface area contributed by atoms with Crippen LogP contribution in [0.2, 0.25) is 0 Å². The Balaban J connectivity index is 1.37. The minimum Gasteiger partial charge on any atom is -0.508 e. The maximum atomic E-state index is 10.0. The van der Waals surface area contributed by atoms with Gasteiger partial charge in [-0.15, -0.1) is 0 Å². The van der Waals surface area contributed by atoms with Crippen molar-refractivity contribution in [2.75, 3.05) is 27.1 Å². The summed E-state index contributed by atoms with van der Waals surface area (Å²) in [6.07, 6.45) is 9.66. The molecule has 1 aliphatic heterocycles. The van der Waals surface area contributed by atoms with Gasteiger partial charge in [0.25, 0.3) is 0 Å². The number of hydrogen-bond donors (Lipinski definition) is 1. The summed E-state index contributed by atoms with van der Waals surface area (Å²) in [5, 5.41) is 10.0. The SMILES string of the molecule is COCO[C@H]1CC[C@H]2[C@@H]3[C@H](c4ccc(O)cc4)C[C@H]4CC5(CC[C@]4(C)[C@H]3CC[C@]12C)OCCO5. The van der Waals surface area contributed by atoms with Crippen molar-refractivity contribution >= 4 is 0 Å². The summed E-state index contributed by atoms with van der Waals surface area (Å²) in [6, 6.07) is 8.12. The highest BCUT2D eigenvalue weighted by Gasteiger charge is 2.64. The lowest BCUT2D eigenvalue weighted by molar-refractivity contribution is -0.234. The molecule has 5 aliphatic rings. The number of phenols is 1. The van der Waals surface area contributed by atoms with Gasteiger partial charge in [-0.1, -0.05) is 26.0 Å². The number of phenolic OH excluding ortho intramolecular Hbond substituents is 1. The molecule has 5 heteroatoms. The molecule has 1 aromatic carbocycles. The van der Waals surface area contributed by atoms with Gasteiger partial charge < -0.3 is 24.1 Å². The van der Waals surface area contributed by atoms with Crippen LogP contribution >= 0.6 is 0 Å². The summed E-state index contributed by atoms with van der Waals surface area (Å²) < 4.78 is 24.0. The number of benzene rings is 1. The van der Waals surface area contributed by atoms with Gasteiger partial charge in [0, 0.05) is 20.0 Å². The van der Waals surface area contributed by atoms with E-state index >= 15 is 0 Å². The van der Waals surface area contributed by atoms with E-state index in [1.54, 1.807) is 7.11 Å². The van der Waals surface area contributed by atoms with Gasteiger partial charge in [-0.05, 0) is 96.6 Å². The highest BCUT2D eigenvalue weighted by molar-refractivity contribution is 5.31. The van der Waals surface area contributed by atoms with Gasteiger partial charge in [-0.2, -0.15) is 0 Å². The van der Waals surface area contributed by atoms with Gasteiger partial charge in [0.05, 0.1) is 19.3 Å². The predicted octanol–water partition coefficient (Wildman–Crippen LogP) is 5.86. The molecule has 188 valence electrons. The molecule has 1 aromatic rings. The van der Waals surface area contributed by atoms with Crippen LogP contribution in [0.4, 0.5) is 0 Å². The Morgan fingerprint density at radius 2 is 1.68 bits per heavy atom. The summed E-state index contributed by atoms with van der Waals surface area (Å²) >= 11 is 0. The van der Waals surface area contributed by atoms with E-state index in [9.17, 15) is 5.11 Å². The lowest BCUT2D eigenvalue weighted by Crippen LogP contribution is -2.58. The number of aromatic hydroxyl groups is 1. The van der Waals surface area contributed by atoms with Gasteiger partial charge >= 0.3 is 0 Å². The molecule has 1 spiro atoms. The smallest absolute Gasteiger partial charge is 0.168 e. The topological polar surface area (TPSA) is 57.2 Å². The largest absolute Gasteiger partial charge is 0.508 e. The average Bonchev–Trinajstić information content (AvgIpc) is 3.42. The third-order valence-electron chi connectivity index (χ3n) is 11.2. The van der Waals surface area contributed by atoms with Crippen molar-refractivity contribution in [2.45, 2.75) is 83.0 Å². The molecule has 1 saturated heterocycles. The molecular weight excluding hydrogens is 428 g/mol. The molecule has 6 rings (SSSR count). The van der Waals surface area contributed by atoms with E-state index < -0.39 is 0 Å². The molecule has 4 aliphatic carbocycles. The Kier molecular flexibility index (Phi) is 5.80. The van der Waals surface area contributed by atoms with Crippen LogP contribution in [-0.2, 0) is 18.9 Å². The molecule has 8 atom stereocenters. The summed E-state index contributed by atoms with van der Waals surface area (Å²) in [7, 11) is 1.72. The fourth-order valence-corrected chi connectivity index (χ4v) is 9.42. The van der Waals surface area contributed by atoms with Crippen LogP contribution in [0, 0.1) is 34.5 Å². The van der Waals surface area contributed by atoms with Crippen LogP contribution in [0.3, 0.4) is 0 Å². The molecule has 0 amide bonds. The maximum Gasteiger partial charge on any atom is 0.168 e. The zero-order chi connectivity index (χ0) is 23.6. The first-order valence-corrected chi connectivity index (χ1v) is 13.6. The van der Waals surface area contributed by atoms with Crippen molar-refractivity contribution in [1.29, 1.82) is 0 Å². The van der Waals surface area contributed by atoms with Crippen molar-refractivity contribution in [1.82, 2.24) is 0 Å². The van der Waals surface area contributed by atoms with Crippen LogP contribution in [0.5, 0.6) is 5.75 Å². The van der Waals surface area contributed by atoms with Gasteiger partial charge in [0.1, 0.15) is 12.5 Å². The van der Waals surface area contributed by atoms with E-state index in [2.05, 4.69) is 26.0 Å². The standard InChI is InChI=1S/C29H42O5/c1-27-12-13-29(33-14-15-34-29)17-20(27)16-22(19-4-6-21(30)7-5-19)26-23-8-9-25(32-18-31-3)28(23,2)11-10-24(26)27/h4-7,20,22-26,30H,8-18H2,1-3H3/t20-,22-,23-,24-,25-,26-,27-,28-/m0/s1. The minimum atomic E-state index is -0.341. The summed E-state index contributed by atoms with van der Waals surface area (Å²) in [4.78, 5) is 0. The van der Waals surface area contributed by atoms with Crippen molar-refractivity contribution < 1.29 is 24.1 Å². The molecule has 0 aromatic heterocycles. The van der Waals surface area contributed by atoms with Gasteiger partial charge in [0.2, 0.25) is 0 Å². The highest BCUT2D eigenvalue weighted by Crippen LogP contribution is 2.70. The first-order chi connectivity index (χ1) is 16.4. The predicted molar refractivity (Wildman–Crippen MR) is 129 cm³/mol. The summed E-state index contributed by atoms with van der Waals surface area (Å²) in [5.41, 5.74) is 1.95. The van der Waals surface area contributed by atoms with E-state index in [-0.39, 0.29) is 11.2 Å². The number of hydrogen-bond acceptors (Lipinski definition) is 5. The first kappa shape index (κ1) is 23.3. The molecule has 4 saturated carbocycles. The van der Waals surface area contributed by atoms with Crippen LogP contribution in [0.1, 0.15) is 76.7 Å². The van der Waals surface area contributed by atoms with Crippen LogP contribution in [0.15, 0.2) is 24.3 Å². The molecule has 0 bridgehead atoms. The Morgan fingerprint density at radius 3 is 2.41 bits per heavy atom. The lowest BCUT2D eigenvalue weighted by atomic mass is 9.42. The number of methoxy groups -OCH3 is 1. The molecule has 5 nitrogen and oxygen atoms in total. The third-order valence-corrected chi connectivity index (χ3v) is 11.2. The molecule has 0 radical (unpaired) electrons. The van der Waals surface area contributed by atoms with E-state index in [1.807, 2.05) is 12.1 Å². The second kappa shape index (κ2) is 8.47. The van der Waals surface area contributed by atoms with Crippen LogP contribution < -0.4 is 0 Å². The van der Waals surface area contributed by atoms with Crippen LogP contribution in [-0.4, -0.2) is 44.1 Å². The Labute approximate surface area is 204 Å². The normalized spacial score (nSPS) is 45.0. The minimum absolute atomic E-state index is 0.214. The molecule has 1 N–H and O–H groups in total. The van der Waals surface area contributed by atoms with Gasteiger partial charge in [-0.3, -0.25) is 0 Å². The summed E-state index contributed by atoms with van der Waals surface area (Å²) in [5.74, 6) is 3.15. The summed E-state index contributed by atoms with van der Waals surface area (Å²) in [6.45, 7) is 6.96. The van der Waals surface area contributed by atoms with E-state index in [0.717, 1.165) is 32.5 Å². The zero-order valence-corrected chi connectivity index (χ0v) is 21.1. The Hall–Kier alpha value is -1.14. The second-order valence-corrected chi connectivity index (χ2v) is 12.4. The van der Waals surface area contributed by atoms with Crippen molar-refractivity contribution in [3.8, 4) is 5.75 Å². The van der Waals surface area contributed by atoms with Gasteiger partial charge in [0.15, 0.2) is 5.79 Å². The zero-order valence-electron chi connectivity index (χ0n) is 21.1. The van der Waals surface area contributed by atoms with E-state index in [1.165, 1.54) is 37.7 Å². The molecule has 5 fully saturated rings. The average molecular weight is 471 g/mol. The molecule has 34 heavy (non-hydrogen) atoms. The van der Waals surface area contributed by atoms with Crippen molar-refractivity contribution in [3.63, 3.8) is 0 Å². The maximum absolute atomic E-state index is 10.0. The highest BCUT2D eigenvalue weighted by atomic mass is 16.7. The third kappa shape index (κ3) is 3.48. The molecule has 0 unspecified atom stereocenters. The van der Waals surface area contributed by atoms with Crippen LogP contribution in [0.25, 0.3) is 0 Å². The second-order valence-electron chi connectivity index (χ2n) is 12.4. The fourth-order valence-electron chi connectivity index (χ4n) is 9.42. The molecule has 1 heterocycles. The Bertz CT molecular complexity index is 879. The van der Waals surface area contributed by atoms with E-state index in [4.69, 9.17) is 18.9 Å². The van der Waals surface area contributed by atoms with E-state index in [0.29, 0.717) is 53.7 Å². The number of fused-ring (bicyclic) bond motifs is 5. The van der Waals surface area contributed by atoms with Gasteiger partial charge in [-0.25, -0.2) is 0 Å².